The fourth-order valence-corrected chi connectivity index (χ4v) is 1.82. The van der Waals surface area contributed by atoms with E-state index >= 15 is 0 Å². The van der Waals surface area contributed by atoms with Crippen molar-refractivity contribution in [2.75, 3.05) is 14.2 Å². The zero-order valence-electron chi connectivity index (χ0n) is 10.9. The number of methoxy groups -OCH3 is 2. The van der Waals surface area contributed by atoms with Gasteiger partial charge in [0.05, 0.1) is 25.3 Å². The molecule has 2 rings (SSSR count). The normalized spacial score (nSPS) is 10.2. The van der Waals surface area contributed by atoms with Gasteiger partial charge in [-0.2, -0.15) is 0 Å². The number of hydrogen-bond donors (Lipinski definition) is 0. The number of carbonyl (C=O) groups is 1. The van der Waals surface area contributed by atoms with Gasteiger partial charge in [-0.3, -0.25) is 4.79 Å². The van der Waals surface area contributed by atoms with Crippen molar-refractivity contribution < 1.29 is 23.0 Å². The van der Waals surface area contributed by atoms with Crippen molar-refractivity contribution in [1.29, 1.82) is 0 Å². The van der Waals surface area contributed by atoms with Crippen molar-refractivity contribution in [2.24, 2.45) is 0 Å². The summed E-state index contributed by atoms with van der Waals surface area (Å²) in [6, 6.07) is 8.01. The highest BCUT2D eigenvalue weighted by atomic mass is 19.2. The molecule has 0 radical (unpaired) electrons. The molecule has 0 saturated carbocycles. The summed E-state index contributed by atoms with van der Waals surface area (Å²) in [5.74, 6) is -2.23. The van der Waals surface area contributed by atoms with E-state index in [1.54, 1.807) is 6.07 Å². The van der Waals surface area contributed by atoms with E-state index in [1.165, 1.54) is 38.5 Å². The molecule has 5 heteroatoms. The Morgan fingerprint density at radius 3 is 2.40 bits per heavy atom. The minimum Gasteiger partial charge on any atom is -0.497 e. The molecule has 0 amide bonds. The highest BCUT2D eigenvalue weighted by Gasteiger charge is 2.20. The van der Waals surface area contributed by atoms with E-state index in [0.717, 1.165) is 6.07 Å². The number of carbonyl (C=O) groups excluding carboxylic acids is 1. The summed E-state index contributed by atoms with van der Waals surface area (Å²) in [5, 5.41) is 0. The minimum absolute atomic E-state index is 0.108. The highest BCUT2D eigenvalue weighted by molar-refractivity contribution is 6.11. The van der Waals surface area contributed by atoms with Crippen molar-refractivity contribution in [3.05, 3.63) is 59.2 Å². The average Bonchev–Trinajstić information content (AvgIpc) is 2.48. The molecule has 0 aromatic heterocycles. The summed E-state index contributed by atoms with van der Waals surface area (Å²) < 4.78 is 37.0. The smallest absolute Gasteiger partial charge is 0.199 e. The summed E-state index contributed by atoms with van der Waals surface area (Å²) in [4.78, 5) is 12.3. The van der Waals surface area contributed by atoms with Gasteiger partial charge in [0.2, 0.25) is 0 Å². The zero-order valence-corrected chi connectivity index (χ0v) is 10.9. The number of halogens is 2. The molecule has 2 aromatic rings. The van der Waals surface area contributed by atoms with Gasteiger partial charge in [0.25, 0.3) is 0 Å². The molecule has 0 N–H and O–H groups in total. The van der Waals surface area contributed by atoms with E-state index in [-0.39, 0.29) is 16.9 Å². The Balaban J connectivity index is 2.55. The van der Waals surface area contributed by atoms with Crippen molar-refractivity contribution in [1.82, 2.24) is 0 Å². The van der Waals surface area contributed by atoms with Gasteiger partial charge in [0.1, 0.15) is 11.5 Å². The molecule has 0 aliphatic carbocycles. The van der Waals surface area contributed by atoms with Crippen LogP contribution in [0.2, 0.25) is 0 Å². The van der Waals surface area contributed by atoms with Gasteiger partial charge < -0.3 is 9.47 Å². The fourth-order valence-electron chi connectivity index (χ4n) is 1.82. The molecule has 0 atom stereocenters. The number of hydrogen-bond acceptors (Lipinski definition) is 3. The first-order chi connectivity index (χ1) is 9.58. The van der Waals surface area contributed by atoms with E-state index < -0.39 is 17.4 Å². The van der Waals surface area contributed by atoms with Crippen LogP contribution in [0.3, 0.4) is 0 Å². The van der Waals surface area contributed by atoms with Gasteiger partial charge in [-0.15, -0.1) is 0 Å². The Hall–Kier alpha value is -2.43. The molecule has 0 aliphatic heterocycles. The lowest BCUT2D eigenvalue weighted by Crippen LogP contribution is -2.08. The van der Waals surface area contributed by atoms with Gasteiger partial charge >= 0.3 is 0 Å². The first kappa shape index (κ1) is 14.0. The van der Waals surface area contributed by atoms with Crippen LogP contribution in [0.15, 0.2) is 36.4 Å². The van der Waals surface area contributed by atoms with Gasteiger partial charge in [0, 0.05) is 0 Å². The SMILES string of the molecule is COc1ccc(OC)c(C(=O)c2cccc(F)c2F)c1. The molecule has 20 heavy (non-hydrogen) atoms. The molecule has 3 nitrogen and oxygen atoms in total. The Morgan fingerprint density at radius 1 is 1.00 bits per heavy atom. The molecular weight excluding hydrogens is 266 g/mol. The molecule has 0 saturated heterocycles. The lowest BCUT2D eigenvalue weighted by Gasteiger charge is -2.10. The van der Waals surface area contributed by atoms with E-state index in [4.69, 9.17) is 9.47 Å². The monoisotopic (exact) mass is 278 g/mol. The lowest BCUT2D eigenvalue weighted by atomic mass is 10.0. The molecule has 104 valence electrons. The standard InChI is InChI=1S/C15H12F2O3/c1-19-9-6-7-13(20-2)11(8-9)15(18)10-4-3-5-12(16)14(10)17/h3-8H,1-2H3. The van der Waals surface area contributed by atoms with Crippen molar-refractivity contribution >= 4 is 5.78 Å². The van der Waals surface area contributed by atoms with Crippen LogP contribution in [0.1, 0.15) is 15.9 Å². The first-order valence-corrected chi connectivity index (χ1v) is 5.79. The van der Waals surface area contributed by atoms with Crippen LogP contribution in [0.5, 0.6) is 11.5 Å². The number of ether oxygens (including phenoxy) is 2. The molecule has 0 aliphatic rings. The maximum atomic E-state index is 13.7. The van der Waals surface area contributed by atoms with Gasteiger partial charge in [-0.1, -0.05) is 6.07 Å². The molecule has 0 heterocycles. The van der Waals surface area contributed by atoms with Gasteiger partial charge in [-0.05, 0) is 30.3 Å². The maximum absolute atomic E-state index is 13.7. The summed E-state index contributed by atoms with van der Waals surface area (Å²) in [6.07, 6.45) is 0. The lowest BCUT2D eigenvalue weighted by molar-refractivity contribution is 0.103. The van der Waals surface area contributed by atoms with Crippen LogP contribution >= 0.6 is 0 Å². The van der Waals surface area contributed by atoms with Crippen LogP contribution in [-0.4, -0.2) is 20.0 Å². The van der Waals surface area contributed by atoms with Crippen LogP contribution < -0.4 is 9.47 Å². The molecule has 0 spiro atoms. The molecule has 0 fully saturated rings. The fraction of sp³-hybridized carbons (Fsp3) is 0.133. The second kappa shape index (κ2) is 5.69. The third-order valence-electron chi connectivity index (χ3n) is 2.85. The second-order valence-electron chi connectivity index (χ2n) is 4.00. The Bertz CT molecular complexity index is 654. The van der Waals surface area contributed by atoms with Gasteiger partial charge in [0.15, 0.2) is 17.4 Å². The third kappa shape index (κ3) is 2.47. The summed E-state index contributed by atoms with van der Waals surface area (Å²) in [7, 11) is 2.83. The predicted octanol–water partition coefficient (Wildman–Crippen LogP) is 3.21. The van der Waals surface area contributed by atoms with Crippen LogP contribution in [0.25, 0.3) is 0 Å². The third-order valence-corrected chi connectivity index (χ3v) is 2.85. The summed E-state index contributed by atoms with van der Waals surface area (Å²) in [6.45, 7) is 0. The quantitative estimate of drug-likeness (QED) is 0.806. The Labute approximate surface area is 114 Å². The molecule has 0 unspecified atom stereocenters. The van der Waals surface area contributed by atoms with Crippen molar-refractivity contribution in [3.8, 4) is 11.5 Å². The number of benzene rings is 2. The molecule has 0 bridgehead atoms. The maximum Gasteiger partial charge on any atom is 0.199 e. The van der Waals surface area contributed by atoms with E-state index in [1.807, 2.05) is 0 Å². The van der Waals surface area contributed by atoms with Crippen LogP contribution in [0, 0.1) is 11.6 Å². The van der Waals surface area contributed by atoms with Crippen molar-refractivity contribution in [2.45, 2.75) is 0 Å². The average molecular weight is 278 g/mol. The zero-order chi connectivity index (χ0) is 14.7. The predicted molar refractivity (Wildman–Crippen MR) is 69.3 cm³/mol. The van der Waals surface area contributed by atoms with Crippen LogP contribution in [-0.2, 0) is 0 Å². The van der Waals surface area contributed by atoms with E-state index in [2.05, 4.69) is 0 Å². The number of ketones is 1. The number of rotatable bonds is 4. The highest BCUT2D eigenvalue weighted by Crippen LogP contribution is 2.27. The summed E-state index contributed by atoms with van der Waals surface area (Å²) >= 11 is 0. The largest absolute Gasteiger partial charge is 0.497 e. The molecule has 2 aromatic carbocycles. The van der Waals surface area contributed by atoms with E-state index in [0.29, 0.717) is 5.75 Å². The van der Waals surface area contributed by atoms with Crippen LogP contribution in [0.4, 0.5) is 8.78 Å². The topological polar surface area (TPSA) is 35.5 Å². The summed E-state index contributed by atoms with van der Waals surface area (Å²) in [5.41, 5.74) is -0.243. The minimum atomic E-state index is -1.18. The van der Waals surface area contributed by atoms with Gasteiger partial charge in [-0.25, -0.2) is 8.78 Å². The first-order valence-electron chi connectivity index (χ1n) is 5.79. The van der Waals surface area contributed by atoms with Crippen molar-refractivity contribution in [3.63, 3.8) is 0 Å². The second-order valence-corrected chi connectivity index (χ2v) is 4.00. The van der Waals surface area contributed by atoms with E-state index in [9.17, 15) is 13.6 Å². The Morgan fingerprint density at radius 2 is 1.75 bits per heavy atom. The Kier molecular flexibility index (Phi) is 3.98. The molecular formula is C15H12F2O3.